The van der Waals surface area contributed by atoms with Crippen LogP contribution in [0.2, 0.25) is 0 Å². The van der Waals surface area contributed by atoms with Gasteiger partial charge in [-0.05, 0) is 49.7 Å². The lowest BCUT2D eigenvalue weighted by atomic mass is 9.96. The van der Waals surface area contributed by atoms with Crippen molar-refractivity contribution in [3.05, 3.63) is 61.4 Å². The molecule has 0 saturated carbocycles. The van der Waals surface area contributed by atoms with Gasteiger partial charge in [-0.1, -0.05) is 39.4 Å². The lowest BCUT2D eigenvalue weighted by Gasteiger charge is -2.30. The molecule has 27 heavy (non-hydrogen) atoms. The fraction of sp³-hybridized carbons (Fsp3) is 0.333. The van der Waals surface area contributed by atoms with Gasteiger partial charge in [0.25, 0.3) is 0 Å². The van der Waals surface area contributed by atoms with Crippen LogP contribution in [0.1, 0.15) is 23.3 Å². The largest absolute Gasteiger partial charge is 0.324 e. The van der Waals surface area contributed by atoms with Gasteiger partial charge in [-0.2, -0.15) is 5.10 Å². The van der Waals surface area contributed by atoms with E-state index in [2.05, 4.69) is 43.5 Å². The Bertz CT molecular complexity index is 829. The number of hydrogen-bond acceptors (Lipinski definition) is 6. The first kappa shape index (κ1) is 19.7. The lowest BCUT2D eigenvalue weighted by Crippen LogP contribution is -2.39. The molecule has 0 aliphatic carbocycles. The van der Waals surface area contributed by atoms with Crippen LogP contribution in [-0.4, -0.2) is 35.0 Å². The molecular weight excluding hydrogens is 432 g/mol. The maximum absolute atomic E-state index is 12.3. The number of nitrogens with zero attached hydrogens (tertiary/aromatic N) is 3. The number of amides is 1. The molecule has 142 valence electrons. The summed E-state index contributed by atoms with van der Waals surface area (Å²) in [6, 6.07) is 11.3. The predicted octanol–water partition coefficient (Wildman–Crippen LogP) is 3.78. The molecule has 0 atom stereocenters. The number of nitrogens with one attached hydrogen (secondary N) is 1. The average Bonchev–Trinajstić information content (AvgIpc) is 3.13. The normalized spacial score (nSPS) is 15.9. The van der Waals surface area contributed by atoms with E-state index in [9.17, 15) is 14.9 Å². The average molecular weight is 451 g/mol. The standard InChI is InChI=1S/C18H19BrN4O3S/c19-15-3-1-13(2-4-15)12-22-9-7-14(8-10-22)18(24)21-20-11-16-5-6-17(27-16)23(25)26/h1-6,11,14H,7-10,12H2,(H,21,24)/b20-11-. The summed E-state index contributed by atoms with van der Waals surface area (Å²) in [6.07, 6.45) is 3.03. The maximum atomic E-state index is 12.3. The Labute approximate surface area is 169 Å². The maximum Gasteiger partial charge on any atom is 0.324 e. The van der Waals surface area contributed by atoms with Gasteiger partial charge in [-0.15, -0.1) is 0 Å². The Morgan fingerprint density at radius 1 is 1.30 bits per heavy atom. The quantitative estimate of drug-likeness (QED) is 0.411. The van der Waals surface area contributed by atoms with Crippen molar-refractivity contribution in [1.82, 2.24) is 10.3 Å². The van der Waals surface area contributed by atoms with Crippen molar-refractivity contribution in [1.29, 1.82) is 0 Å². The molecule has 0 unspecified atom stereocenters. The zero-order valence-electron chi connectivity index (χ0n) is 14.5. The molecule has 1 saturated heterocycles. The molecule has 2 heterocycles. The van der Waals surface area contributed by atoms with Crippen LogP contribution in [0.5, 0.6) is 0 Å². The van der Waals surface area contributed by atoms with E-state index >= 15 is 0 Å². The topological polar surface area (TPSA) is 87.8 Å². The Balaban J connectivity index is 1.43. The number of hydrogen-bond donors (Lipinski definition) is 1. The minimum absolute atomic E-state index is 0.0546. The second kappa shape index (κ2) is 9.20. The van der Waals surface area contributed by atoms with E-state index in [0.29, 0.717) is 4.88 Å². The second-order valence-electron chi connectivity index (χ2n) is 6.34. The summed E-state index contributed by atoms with van der Waals surface area (Å²) in [5.74, 6) is -0.151. The molecule has 1 N–H and O–H groups in total. The van der Waals surface area contributed by atoms with Gasteiger partial charge >= 0.3 is 5.00 Å². The summed E-state index contributed by atoms with van der Waals surface area (Å²) in [5, 5.41) is 14.6. The summed E-state index contributed by atoms with van der Waals surface area (Å²) in [4.78, 5) is 25.4. The SMILES string of the molecule is O=C(N/N=C\c1ccc([N+](=O)[O-])s1)C1CCN(Cc2ccc(Br)cc2)CC1. The minimum Gasteiger partial charge on any atom is -0.299 e. The molecule has 7 nitrogen and oxygen atoms in total. The van der Waals surface area contributed by atoms with Crippen molar-refractivity contribution < 1.29 is 9.72 Å². The van der Waals surface area contributed by atoms with Crippen molar-refractivity contribution in [2.75, 3.05) is 13.1 Å². The third-order valence-corrected chi connectivity index (χ3v) is 5.94. The number of hydrazone groups is 1. The first-order valence-electron chi connectivity index (χ1n) is 8.55. The number of rotatable bonds is 6. The van der Waals surface area contributed by atoms with E-state index < -0.39 is 4.92 Å². The highest BCUT2D eigenvalue weighted by atomic mass is 79.9. The zero-order chi connectivity index (χ0) is 19.2. The van der Waals surface area contributed by atoms with Crippen LogP contribution in [-0.2, 0) is 11.3 Å². The van der Waals surface area contributed by atoms with E-state index in [1.54, 1.807) is 6.07 Å². The van der Waals surface area contributed by atoms with Gasteiger partial charge in [-0.25, -0.2) is 5.43 Å². The number of thiophene rings is 1. The number of nitro groups is 1. The first-order valence-corrected chi connectivity index (χ1v) is 10.2. The van der Waals surface area contributed by atoms with Crippen LogP contribution in [0.4, 0.5) is 5.00 Å². The monoisotopic (exact) mass is 450 g/mol. The van der Waals surface area contributed by atoms with Crippen molar-refractivity contribution in [3.8, 4) is 0 Å². The highest BCUT2D eigenvalue weighted by molar-refractivity contribution is 9.10. The second-order valence-corrected chi connectivity index (χ2v) is 8.35. The fourth-order valence-electron chi connectivity index (χ4n) is 2.96. The van der Waals surface area contributed by atoms with Crippen LogP contribution in [0.3, 0.4) is 0 Å². The van der Waals surface area contributed by atoms with Gasteiger partial charge < -0.3 is 0 Å². The Hall–Kier alpha value is -2.10. The van der Waals surface area contributed by atoms with Gasteiger partial charge in [0.15, 0.2) is 0 Å². The molecule has 9 heteroatoms. The number of piperidine rings is 1. The summed E-state index contributed by atoms with van der Waals surface area (Å²) >= 11 is 4.46. The molecule has 3 rings (SSSR count). The van der Waals surface area contributed by atoms with Crippen molar-refractivity contribution in [3.63, 3.8) is 0 Å². The molecule has 1 aliphatic rings. The van der Waals surface area contributed by atoms with Crippen molar-refractivity contribution in [2.24, 2.45) is 11.0 Å². The number of halogens is 1. The van der Waals surface area contributed by atoms with Crippen LogP contribution in [0, 0.1) is 16.0 Å². The highest BCUT2D eigenvalue weighted by Crippen LogP contribution is 2.22. The number of carbonyl (C=O) groups excluding carboxylic acids is 1. The molecular formula is C18H19BrN4O3S. The third-order valence-electron chi connectivity index (χ3n) is 4.44. The van der Waals surface area contributed by atoms with Crippen LogP contribution < -0.4 is 5.43 Å². The number of benzene rings is 1. The highest BCUT2D eigenvalue weighted by Gasteiger charge is 2.24. The molecule has 1 aliphatic heterocycles. The molecule has 0 bridgehead atoms. The molecule has 1 fully saturated rings. The smallest absolute Gasteiger partial charge is 0.299 e. The Morgan fingerprint density at radius 3 is 2.63 bits per heavy atom. The van der Waals surface area contributed by atoms with Gasteiger partial charge in [0, 0.05) is 23.0 Å². The Kier molecular flexibility index (Phi) is 6.70. The zero-order valence-corrected chi connectivity index (χ0v) is 16.9. The minimum atomic E-state index is -0.442. The van der Waals surface area contributed by atoms with E-state index in [4.69, 9.17) is 0 Å². The first-order chi connectivity index (χ1) is 13.0. The van der Waals surface area contributed by atoms with Crippen LogP contribution >= 0.6 is 27.3 Å². The van der Waals surface area contributed by atoms with Crippen LogP contribution in [0.25, 0.3) is 0 Å². The summed E-state index contributed by atoms with van der Waals surface area (Å²) in [7, 11) is 0. The molecule has 1 aromatic carbocycles. The predicted molar refractivity (Wildman–Crippen MR) is 109 cm³/mol. The van der Waals surface area contributed by atoms with E-state index in [1.165, 1.54) is 17.8 Å². The molecule has 0 spiro atoms. The summed E-state index contributed by atoms with van der Waals surface area (Å²) in [5.41, 5.74) is 3.81. The Morgan fingerprint density at radius 2 is 2.00 bits per heavy atom. The van der Waals surface area contributed by atoms with Gasteiger partial charge in [-0.3, -0.25) is 19.8 Å². The molecule has 2 aromatic rings. The van der Waals surface area contributed by atoms with Crippen LogP contribution in [0.15, 0.2) is 46.0 Å². The molecule has 0 radical (unpaired) electrons. The summed E-state index contributed by atoms with van der Waals surface area (Å²) in [6.45, 7) is 2.63. The van der Waals surface area contributed by atoms with Gasteiger partial charge in [0.1, 0.15) is 0 Å². The van der Waals surface area contributed by atoms with E-state index in [0.717, 1.165) is 48.3 Å². The number of likely N-dealkylation sites (tertiary alicyclic amines) is 1. The van der Waals surface area contributed by atoms with Crippen molar-refractivity contribution >= 4 is 44.4 Å². The molecule has 1 amide bonds. The summed E-state index contributed by atoms with van der Waals surface area (Å²) < 4.78 is 1.07. The lowest BCUT2D eigenvalue weighted by molar-refractivity contribution is -0.380. The van der Waals surface area contributed by atoms with E-state index in [-0.39, 0.29) is 16.8 Å². The van der Waals surface area contributed by atoms with Gasteiger partial charge in [0.2, 0.25) is 5.91 Å². The van der Waals surface area contributed by atoms with Crippen molar-refractivity contribution in [2.45, 2.75) is 19.4 Å². The molecule has 1 aromatic heterocycles. The fourth-order valence-corrected chi connectivity index (χ4v) is 3.92. The van der Waals surface area contributed by atoms with Gasteiger partial charge in [0.05, 0.1) is 16.0 Å². The number of carbonyl (C=O) groups is 1. The third kappa shape index (κ3) is 5.69. The van der Waals surface area contributed by atoms with E-state index in [1.807, 2.05) is 12.1 Å².